The first-order chi connectivity index (χ1) is 10.6. The van der Waals surface area contributed by atoms with Gasteiger partial charge in [-0.25, -0.2) is 4.79 Å². The number of benzene rings is 1. The summed E-state index contributed by atoms with van der Waals surface area (Å²) in [5.74, 6) is 0. The second-order valence-corrected chi connectivity index (χ2v) is 6.18. The number of rotatable bonds is 6. The summed E-state index contributed by atoms with van der Waals surface area (Å²) >= 11 is 0. The molecule has 4 heteroatoms. The molecule has 1 fully saturated rings. The van der Waals surface area contributed by atoms with Crippen molar-refractivity contribution < 1.29 is 9.53 Å². The Morgan fingerprint density at radius 2 is 2.00 bits per heavy atom. The number of ether oxygens (including phenoxy) is 1. The fourth-order valence-corrected chi connectivity index (χ4v) is 2.88. The molecule has 4 nitrogen and oxygen atoms in total. The molecule has 0 bridgehead atoms. The van der Waals surface area contributed by atoms with E-state index < -0.39 is 0 Å². The molecule has 1 aromatic carbocycles. The van der Waals surface area contributed by atoms with Crippen LogP contribution in [0.15, 0.2) is 18.2 Å². The van der Waals surface area contributed by atoms with Crippen molar-refractivity contribution >= 4 is 11.7 Å². The van der Waals surface area contributed by atoms with E-state index >= 15 is 0 Å². The average Bonchev–Trinajstić information content (AvgIpc) is 2.51. The molecule has 0 saturated heterocycles. The molecule has 0 atom stereocenters. The molecule has 0 unspecified atom stereocenters. The van der Waals surface area contributed by atoms with Crippen molar-refractivity contribution in [3.8, 4) is 0 Å². The number of hydrogen-bond donors (Lipinski definition) is 2. The third-order valence-corrected chi connectivity index (χ3v) is 4.14. The highest BCUT2D eigenvalue weighted by Gasteiger charge is 2.13. The summed E-state index contributed by atoms with van der Waals surface area (Å²) in [6.45, 7) is 5.42. The normalized spacial score (nSPS) is 15.5. The Kier molecular flexibility index (Phi) is 6.72. The second kappa shape index (κ2) is 8.79. The zero-order chi connectivity index (χ0) is 15.8. The lowest BCUT2D eigenvalue weighted by Gasteiger charge is -2.21. The molecular formula is C18H28N2O2. The van der Waals surface area contributed by atoms with Crippen molar-refractivity contribution in [3.63, 3.8) is 0 Å². The number of carbonyl (C=O) groups is 1. The minimum Gasteiger partial charge on any atom is -0.378 e. The second-order valence-electron chi connectivity index (χ2n) is 6.18. The van der Waals surface area contributed by atoms with Gasteiger partial charge in [-0.15, -0.1) is 0 Å². The maximum atomic E-state index is 11.9. The SMILES string of the molecule is Cc1ccc(NC(=O)NCCCOC2CCCCC2)c(C)c1. The summed E-state index contributed by atoms with van der Waals surface area (Å²) in [6.07, 6.45) is 7.62. The molecule has 0 aromatic heterocycles. The van der Waals surface area contributed by atoms with Gasteiger partial charge in [-0.05, 0) is 44.7 Å². The molecule has 1 saturated carbocycles. The summed E-state index contributed by atoms with van der Waals surface area (Å²) in [6, 6.07) is 5.86. The fourth-order valence-electron chi connectivity index (χ4n) is 2.88. The number of carbonyl (C=O) groups excluding carboxylic acids is 1. The van der Waals surface area contributed by atoms with Crippen LogP contribution in [0.5, 0.6) is 0 Å². The lowest BCUT2D eigenvalue weighted by atomic mass is 9.98. The van der Waals surface area contributed by atoms with E-state index in [-0.39, 0.29) is 6.03 Å². The van der Waals surface area contributed by atoms with Crippen molar-refractivity contribution in [2.24, 2.45) is 0 Å². The van der Waals surface area contributed by atoms with Crippen molar-refractivity contribution in [1.82, 2.24) is 5.32 Å². The van der Waals surface area contributed by atoms with Crippen molar-refractivity contribution in [1.29, 1.82) is 0 Å². The summed E-state index contributed by atoms with van der Waals surface area (Å²) in [5, 5.41) is 5.77. The molecule has 0 radical (unpaired) electrons. The lowest BCUT2D eigenvalue weighted by Crippen LogP contribution is -2.30. The highest BCUT2D eigenvalue weighted by molar-refractivity contribution is 5.90. The fraction of sp³-hybridized carbons (Fsp3) is 0.611. The zero-order valence-electron chi connectivity index (χ0n) is 13.8. The standard InChI is InChI=1S/C18H28N2O2/c1-14-9-10-17(15(2)13-14)20-18(21)19-11-6-12-22-16-7-4-3-5-8-16/h9-10,13,16H,3-8,11-12H2,1-2H3,(H2,19,20,21). The van der Waals surface area contributed by atoms with Gasteiger partial charge in [-0.3, -0.25) is 0 Å². The number of hydrogen-bond acceptors (Lipinski definition) is 2. The third-order valence-electron chi connectivity index (χ3n) is 4.14. The van der Waals surface area contributed by atoms with E-state index in [9.17, 15) is 4.79 Å². The van der Waals surface area contributed by atoms with Gasteiger partial charge in [0.1, 0.15) is 0 Å². The van der Waals surface area contributed by atoms with Crippen LogP contribution in [-0.2, 0) is 4.74 Å². The average molecular weight is 304 g/mol. The van der Waals surface area contributed by atoms with Crippen LogP contribution >= 0.6 is 0 Å². The molecule has 122 valence electrons. The molecule has 22 heavy (non-hydrogen) atoms. The van der Waals surface area contributed by atoms with Crippen molar-refractivity contribution in [2.45, 2.75) is 58.5 Å². The molecule has 2 rings (SSSR count). The lowest BCUT2D eigenvalue weighted by molar-refractivity contribution is 0.0276. The Morgan fingerprint density at radius 1 is 1.23 bits per heavy atom. The number of amides is 2. The predicted octanol–water partition coefficient (Wildman–Crippen LogP) is 4.16. The smallest absolute Gasteiger partial charge is 0.319 e. The van der Waals surface area contributed by atoms with E-state index in [1.807, 2.05) is 26.0 Å². The van der Waals surface area contributed by atoms with Gasteiger partial charge in [0, 0.05) is 18.8 Å². The van der Waals surface area contributed by atoms with Gasteiger partial charge in [-0.1, -0.05) is 37.0 Å². The molecule has 0 aliphatic heterocycles. The van der Waals surface area contributed by atoms with E-state index in [4.69, 9.17) is 4.74 Å². The predicted molar refractivity (Wildman–Crippen MR) is 90.4 cm³/mol. The molecule has 2 N–H and O–H groups in total. The summed E-state index contributed by atoms with van der Waals surface area (Å²) < 4.78 is 5.84. The first kappa shape index (κ1) is 16.8. The zero-order valence-corrected chi connectivity index (χ0v) is 13.8. The molecule has 1 aromatic rings. The molecule has 0 spiro atoms. The van der Waals surface area contributed by atoms with Crippen LogP contribution in [0.2, 0.25) is 0 Å². The van der Waals surface area contributed by atoms with Gasteiger partial charge in [0.2, 0.25) is 0 Å². The van der Waals surface area contributed by atoms with E-state index in [1.54, 1.807) is 0 Å². The van der Waals surface area contributed by atoms with Crippen LogP contribution in [0.25, 0.3) is 0 Å². The van der Waals surface area contributed by atoms with Crippen LogP contribution in [0.4, 0.5) is 10.5 Å². The maximum absolute atomic E-state index is 11.9. The van der Waals surface area contributed by atoms with Gasteiger partial charge in [-0.2, -0.15) is 0 Å². The largest absolute Gasteiger partial charge is 0.378 e. The number of nitrogens with one attached hydrogen (secondary N) is 2. The van der Waals surface area contributed by atoms with Gasteiger partial charge in [0.05, 0.1) is 6.10 Å². The maximum Gasteiger partial charge on any atom is 0.319 e. The number of urea groups is 1. The van der Waals surface area contributed by atoms with Crippen LogP contribution in [0, 0.1) is 13.8 Å². The van der Waals surface area contributed by atoms with Crippen LogP contribution < -0.4 is 10.6 Å². The van der Waals surface area contributed by atoms with E-state index in [1.165, 1.54) is 37.7 Å². The van der Waals surface area contributed by atoms with Gasteiger partial charge in [0.25, 0.3) is 0 Å². The molecule has 0 heterocycles. The molecule has 2 amide bonds. The van der Waals surface area contributed by atoms with Gasteiger partial charge < -0.3 is 15.4 Å². The quantitative estimate of drug-likeness (QED) is 0.775. The third kappa shape index (κ3) is 5.68. The van der Waals surface area contributed by atoms with E-state index in [2.05, 4.69) is 16.7 Å². The molecule has 1 aliphatic carbocycles. The van der Waals surface area contributed by atoms with Crippen LogP contribution in [0.3, 0.4) is 0 Å². The van der Waals surface area contributed by atoms with E-state index in [0.29, 0.717) is 12.6 Å². The first-order valence-corrected chi connectivity index (χ1v) is 8.39. The minimum atomic E-state index is -0.149. The number of anilines is 1. The monoisotopic (exact) mass is 304 g/mol. The summed E-state index contributed by atoms with van der Waals surface area (Å²) in [7, 11) is 0. The first-order valence-electron chi connectivity index (χ1n) is 8.39. The Balaban J connectivity index is 1.59. The van der Waals surface area contributed by atoms with Gasteiger partial charge >= 0.3 is 6.03 Å². The molecule has 1 aliphatic rings. The Morgan fingerprint density at radius 3 is 2.73 bits per heavy atom. The minimum absolute atomic E-state index is 0.149. The number of aryl methyl sites for hydroxylation is 2. The topological polar surface area (TPSA) is 50.4 Å². The highest BCUT2D eigenvalue weighted by Crippen LogP contribution is 2.20. The van der Waals surface area contributed by atoms with Crippen molar-refractivity contribution in [2.75, 3.05) is 18.5 Å². The van der Waals surface area contributed by atoms with Crippen LogP contribution in [0.1, 0.15) is 49.7 Å². The Bertz CT molecular complexity index is 482. The van der Waals surface area contributed by atoms with Crippen molar-refractivity contribution in [3.05, 3.63) is 29.3 Å². The summed E-state index contributed by atoms with van der Waals surface area (Å²) in [5.41, 5.74) is 3.14. The summed E-state index contributed by atoms with van der Waals surface area (Å²) in [4.78, 5) is 11.9. The van der Waals surface area contributed by atoms with E-state index in [0.717, 1.165) is 24.3 Å². The Hall–Kier alpha value is -1.55. The Labute approximate surface area is 133 Å². The molecular weight excluding hydrogens is 276 g/mol. The van der Waals surface area contributed by atoms with Crippen LogP contribution in [-0.4, -0.2) is 25.3 Å². The highest BCUT2D eigenvalue weighted by atomic mass is 16.5. The van der Waals surface area contributed by atoms with Gasteiger partial charge in [0.15, 0.2) is 0 Å².